The molecule has 2 aromatic heterocycles. The van der Waals surface area contributed by atoms with Crippen molar-refractivity contribution in [3.8, 4) is 5.75 Å². The molecule has 4 nitrogen and oxygen atoms in total. The van der Waals surface area contributed by atoms with Gasteiger partial charge in [-0.3, -0.25) is 9.59 Å². The van der Waals surface area contributed by atoms with E-state index in [-0.39, 0.29) is 11.7 Å². The number of benzene rings is 1. The molecular formula is C19H17NO3S2. The first-order valence-electron chi connectivity index (χ1n) is 7.80. The van der Waals surface area contributed by atoms with Crippen LogP contribution in [0.25, 0.3) is 0 Å². The predicted molar refractivity (Wildman–Crippen MR) is 100 cm³/mol. The first-order valence-corrected chi connectivity index (χ1v) is 9.49. The number of hydrogen-bond acceptors (Lipinski definition) is 5. The van der Waals surface area contributed by atoms with Crippen LogP contribution in [0.1, 0.15) is 26.3 Å². The third kappa shape index (κ3) is 4.55. The maximum absolute atomic E-state index is 12.3. The summed E-state index contributed by atoms with van der Waals surface area (Å²) in [7, 11) is 0. The van der Waals surface area contributed by atoms with Crippen molar-refractivity contribution in [3.05, 3.63) is 74.6 Å². The van der Waals surface area contributed by atoms with Crippen LogP contribution in [0.15, 0.2) is 60.0 Å². The normalized spacial score (nSPS) is 11.7. The Morgan fingerprint density at radius 1 is 1.04 bits per heavy atom. The van der Waals surface area contributed by atoms with Crippen molar-refractivity contribution in [1.29, 1.82) is 0 Å². The Hall–Kier alpha value is -2.44. The molecule has 1 amide bonds. The molecule has 3 rings (SSSR count). The summed E-state index contributed by atoms with van der Waals surface area (Å²) in [6.45, 7) is 2.09. The number of hydrogen-bond donors (Lipinski definition) is 1. The highest BCUT2D eigenvalue weighted by molar-refractivity contribution is 7.16. The molecule has 0 saturated heterocycles. The molecule has 0 unspecified atom stereocenters. The van der Waals surface area contributed by atoms with Gasteiger partial charge in [-0.15, -0.1) is 22.7 Å². The molecule has 0 aliphatic heterocycles. The average Bonchev–Trinajstić information content (AvgIpc) is 3.32. The van der Waals surface area contributed by atoms with E-state index in [1.165, 1.54) is 22.7 Å². The molecule has 0 fully saturated rings. The monoisotopic (exact) mass is 371 g/mol. The lowest BCUT2D eigenvalue weighted by Crippen LogP contribution is -2.35. The summed E-state index contributed by atoms with van der Waals surface area (Å²) in [4.78, 5) is 26.8. The number of nitrogens with one attached hydrogen (secondary N) is 1. The predicted octanol–water partition coefficient (Wildman–Crippen LogP) is 4.12. The number of amides is 1. The van der Waals surface area contributed by atoms with E-state index in [9.17, 15) is 9.59 Å². The van der Waals surface area contributed by atoms with Crippen LogP contribution < -0.4 is 10.1 Å². The van der Waals surface area contributed by atoms with Gasteiger partial charge in [0.1, 0.15) is 5.75 Å². The van der Waals surface area contributed by atoms with Crippen molar-refractivity contribution in [2.24, 2.45) is 0 Å². The van der Waals surface area contributed by atoms with Crippen LogP contribution in [0.2, 0.25) is 0 Å². The second-order valence-corrected chi connectivity index (χ2v) is 7.48. The SMILES string of the molecule is C[C@H](Oc1ccccc1)C(=O)NCc1ccc(C(=O)c2cccs2)s1. The van der Waals surface area contributed by atoms with Crippen molar-refractivity contribution >= 4 is 34.4 Å². The van der Waals surface area contributed by atoms with Crippen LogP contribution in [0.4, 0.5) is 0 Å². The number of carbonyl (C=O) groups excluding carboxylic acids is 2. The summed E-state index contributed by atoms with van der Waals surface area (Å²) in [6.07, 6.45) is -0.588. The molecule has 1 atom stereocenters. The molecule has 0 spiro atoms. The maximum Gasteiger partial charge on any atom is 0.261 e. The largest absolute Gasteiger partial charge is 0.481 e. The van der Waals surface area contributed by atoms with Gasteiger partial charge in [0.2, 0.25) is 5.78 Å². The maximum atomic E-state index is 12.3. The molecule has 0 radical (unpaired) electrons. The van der Waals surface area contributed by atoms with Crippen molar-refractivity contribution < 1.29 is 14.3 Å². The van der Waals surface area contributed by atoms with Crippen LogP contribution >= 0.6 is 22.7 Å². The molecule has 1 aromatic carbocycles. The van der Waals surface area contributed by atoms with E-state index in [2.05, 4.69) is 5.32 Å². The smallest absolute Gasteiger partial charge is 0.261 e. The third-order valence-corrected chi connectivity index (χ3v) is 5.45. The van der Waals surface area contributed by atoms with E-state index >= 15 is 0 Å². The summed E-state index contributed by atoms with van der Waals surface area (Å²) in [6, 6.07) is 16.6. The number of rotatable bonds is 7. The van der Waals surface area contributed by atoms with Crippen LogP contribution in [0.5, 0.6) is 5.75 Å². The molecule has 0 aliphatic carbocycles. The molecule has 0 bridgehead atoms. The average molecular weight is 371 g/mol. The van der Waals surface area contributed by atoms with Crippen LogP contribution in [0.3, 0.4) is 0 Å². The van der Waals surface area contributed by atoms with Crippen LogP contribution in [-0.2, 0) is 11.3 Å². The highest BCUT2D eigenvalue weighted by atomic mass is 32.1. The molecule has 25 heavy (non-hydrogen) atoms. The molecule has 6 heteroatoms. The van der Waals surface area contributed by atoms with Gasteiger partial charge in [0, 0.05) is 4.88 Å². The highest BCUT2D eigenvalue weighted by Crippen LogP contribution is 2.22. The van der Waals surface area contributed by atoms with Gasteiger partial charge in [-0.1, -0.05) is 24.3 Å². The molecule has 0 aliphatic rings. The molecule has 3 aromatic rings. The Bertz CT molecular complexity index is 841. The second kappa shape index (κ2) is 8.09. The minimum atomic E-state index is -0.588. The third-order valence-electron chi connectivity index (χ3n) is 3.49. The van der Waals surface area contributed by atoms with Gasteiger partial charge >= 0.3 is 0 Å². The number of ketones is 1. The summed E-state index contributed by atoms with van der Waals surface area (Å²) >= 11 is 2.83. The fraction of sp³-hybridized carbons (Fsp3) is 0.158. The Morgan fingerprint density at radius 3 is 2.56 bits per heavy atom. The van der Waals surface area contributed by atoms with Gasteiger partial charge in [-0.05, 0) is 42.6 Å². The Balaban J connectivity index is 1.53. The molecule has 1 N–H and O–H groups in total. The number of para-hydroxylation sites is 1. The fourth-order valence-corrected chi connectivity index (χ4v) is 3.84. The molecule has 2 heterocycles. The minimum absolute atomic E-state index is 0.0263. The highest BCUT2D eigenvalue weighted by Gasteiger charge is 2.16. The summed E-state index contributed by atoms with van der Waals surface area (Å²) in [5.41, 5.74) is 0. The summed E-state index contributed by atoms with van der Waals surface area (Å²) in [5.74, 6) is 0.492. The van der Waals surface area contributed by atoms with Gasteiger partial charge in [-0.2, -0.15) is 0 Å². The van der Waals surface area contributed by atoms with Gasteiger partial charge in [0.25, 0.3) is 5.91 Å². The minimum Gasteiger partial charge on any atom is -0.481 e. The zero-order valence-corrected chi connectivity index (χ0v) is 15.2. The van der Waals surface area contributed by atoms with E-state index in [0.29, 0.717) is 17.2 Å². The first-order chi connectivity index (χ1) is 12.1. The Kier molecular flexibility index (Phi) is 5.63. The number of ether oxygens (including phenoxy) is 1. The van der Waals surface area contributed by atoms with Gasteiger partial charge in [-0.25, -0.2) is 0 Å². The lowest BCUT2D eigenvalue weighted by Gasteiger charge is -2.14. The van der Waals surface area contributed by atoms with E-state index in [1.807, 2.05) is 53.9 Å². The summed E-state index contributed by atoms with van der Waals surface area (Å²) in [5, 5.41) is 4.73. The van der Waals surface area contributed by atoms with Crippen molar-refractivity contribution in [3.63, 3.8) is 0 Å². The summed E-state index contributed by atoms with van der Waals surface area (Å²) < 4.78 is 5.60. The van der Waals surface area contributed by atoms with Crippen molar-refractivity contribution in [2.75, 3.05) is 0 Å². The first kappa shape index (κ1) is 17.4. The van der Waals surface area contributed by atoms with Crippen LogP contribution in [0, 0.1) is 0 Å². The Labute approximate surface area is 154 Å². The molecular weight excluding hydrogens is 354 g/mol. The second-order valence-electron chi connectivity index (χ2n) is 5.36. The quantitative estimate of drug-likeness (QED) is 0.636. The molecule has 128 valence electrons. The van der Waals surface area contributed by atoms with Gasteiger partial charge in [0.05, 0.1) is 16.3 Å². The lowest BCUT2D eigenvalue weighted by atomic mass is 10.3. The standard InChI is InChI=1S/C19H17NO3S2/c1-13(23-14-6-3-2-4-7-14)19(22)20-12-15-9-10-17(25-15)18(21)16-8-5-11-24-16/h2-11,13H,12H2,1H3,(H,20,22)/t13-/m0/s1. The van der Waals surface area contributed by atoms with E-state index < -0.39 is 6.10 Å². The lowest BCUT2D eigenvalue weighted by molar-refractivity contribution is -0.127. The van der Waals surface area contributed by atoms with Crippen molar-refractivity contribution in [1.82, 2.24) is 5.32 Å². The zero-order chi connectivity index (χ0) is 17.6. The van der Waals surface area contributed by atoms with Crippen LogP contribution in [-0.4, -0.2) is 17.8 Å². The van der Waals surface area contributed by atoms with E-state index in [4.69, 9.17) is 4.74 Å². The van der Waals surface area contributed by atoms with Gasteiger partial charge in [0.15, 0.2) is 6.10 Å². The van der Waals surface area contributed by atoms with E-state index in [1.54, 1.807) is 13.0 Å². The van der Waals surface area contributed by atoms with E-state index in [0.717, 1.165) is 9.75 Å². The fourth-order valence-electron chi connectivity index (χ4n) is 2.20. The number of carbonyl (C=O) groups is 2. The van der Waals surface area contributed by atoms with Gasteiger partial charge < -0.3 is 10.1 Å². The topological polar surface area (TPSA) is 55.4 Å². The Morgan fingerprint density at radius 2 is 1.84 bits per heavy atom. The van der Waals surface area contributed by atoms with Crippen molar-refractivity contribution in [2.45, 2.75) is 19.6 Å². The zero-order valence-electron chi connectivity index (χ0n) is 13.6. The molecule has 0 saturated carbocycles. The number of thiophene rings is 2.